The first-order valence-corrected chi connectivity index (χ1v) is 5.31. The van der Waals surface area contributed by atoms with Crippen LogP contribution in [0.4, 0.5) is 0 Å². The van der Waals surface area contributed by atoms with Crippen LogP contribution in [0.5, 0.6) is 0 Å². The van der Waals surface area contributed by atoms with Gasteiger partial charge in [0, 0.05) is 20.1 Å². The molecule has 1 rings (SSSR count). The zero-order chi connectivity index (χ0) is 12.0. The Morgan fingerprint density at radius 3 is 3.00 bits per heavy atom. The smallest absolute Gasteiger partial charge is 0.241 e. The van der Waals surface area contributed by atoms with Gasteiger partial charge in [-0.05, 0) is 6.42 Å². The number of nitrogens with zero attached hydrogens (tertiary/aromatic N) is 2. The predicted octanol–water partition coefficient (Wildman–Crippen LogP) is -1.10. The number of carbonyl (C=O) groups excluding carboxylic acids is 2. The van der Waals surface area contributed by atoms with Crippen LogP contribution in [0.25, 0.3) is 0 Å². The van der Waals surface area contributed by atoms with E-state index < -0.39 is 0 Å². The van der Waals surface area contributed by atoms with Gasteiger partial charge in [-0.15, -0.1) is 6.42 Å². The topological polar surface area (TPSA) is 52.7 Å². The highest BCUT2D eigenvalue weighted by Crippen LogP contribution is 2.02. The molecule has 1 aliphatic rings. The molecule has 0 aromatic heterocycles. The first-order chi connectivity index (χ1) is 7.65. The van der Waals surface area contributed by atoms with Gasteiger partial charge in [-0.3, -0.25) is 14.9 Å². The van der Waals surface area contributed by atoms with Crippen molar-refractivity contribution in [1.29, 1.82) is 0 Å². The van der Waals surface area contributed by atoms with E-state index in [4.69, 9.17) is 6.42 Å². The minimum absolute atomic E-state index is 0.0113. The first kappa shape index (κ1) is 12.5. The highest BCUT2D eigenvalue weighted by Gasteiger charge is 2.21. The molecule has 1 saturated heterocycles. The average molecular weight is 223 g/mol. The van der Waals surface area contributed by atoms with E-state index in [1.165, 1.54) is 0 Å². The summed E-state index contributed by atoms with van der Waals surface area (Å²) in [5.41, 5.74) is 0. The van der Waals surface area contributed by atoms with Gasteiger partial charge in [-0.1, -0.05) is 5.92 Å². The lowest BCUT2D eigenvalue weighted by Crippen LogP contribution is -2.42. The SMILES string of the molecule is C#CCNCC(=O)N1CCCN(C)C(=O)C1. The fraction of sp³-hybridized carbons (Fsp3) is 0.636. The van der Waals surface area contributed by atoms with Crippen molar-refractivity contribution in [2.75, 3.05) is 39.8 Å². The number of hydrogen-bond donors (Lipinski definition) is 1. The van der Waals surface area contributed by atoms with Crippen molar-refractivity contribution in [3.8, 4) is 12.3 Å². The van der Waals surface area contributed by atoms with Crippen LogP contribution in [-0.4, -0.2) is 61.4 Å². The third-order valence-electron chi connectivity index (χ3n) is 2.53. The quantitative estimate of drug-likeness (QED) is 0.488. The molecule has 1 heterocycles. The standard InChI is InChI=1S/C11H17N3O2/c1-3-5-12-8-10(15)14-7-4-6-13(2)11(16)9-14/h1,12H,4-9H2,2H3. The van der Waals surface area contributed by atoms with E-state index in [9.17, 15) is 9.59 Å². The molecular formula is C11H17N3O2. The van der Waals surface area contributed by atoms with E-state index in [0.717, 1.165) is 6.42 Å². The van der Waals surface area contributed by atoms with Crippen LogP contribution in [0, 0.1) is 12.3 Å². The lowest BCUT2D eigenvalue weighted by molar-refractivity contribution is -0.137. The molecule has 5 nitrogen and oxygen atoms in total. The summed E-state index contributed by atoms with van der Waals surface area (Å²) in [6, 6.07) is 0. The Hall–Kier alpha value is -1.54. The summed E-state index contributed by atoms with van der Waals surface area (Å²) in [7, 11) is 1.76. The maximum absolute atomic E-state index is 11.7. The third kappa shape index (κ3) is 3.55. The Bertz CT molecular complexity index is 309. The molecule has 0 aromatic carbocycles. The van der Waals surface area contributed by atoms with Gasteiger partial charge in [0.15, 0.2) is 0 Å². The Morgan fingerprint density at radius 1 is 1.56 bits per heavy atom. The van der Waals surface area contributed by atoms with Crippen molar-refractivity contribution in [1.82, 2.24) is 15.1 Å². The summed E-state index contributed by atoms with van der Waals surface area (Å²) in [4.78, 5) is 26.5. The molecule has 0 bridgehead atoms. The third-order valence-corrected chi connectivity index (χ3v) is 2.53. The van der Waals surface area contributed by atoms with Crippen LogP contribution < -0.4 is 5.32 Å². The van der Waals surface area contributed by atoms with Gasteiger partial charge in [-0.25, -0.2) is 0 Å². The molecule has 1 N–H and O–H groups in total. The van der Waals surface area contributed by atoms with E-state index in [1.54, 1.807) is 16.8 Å². The first-order valence-electron chi connectivity index (χ1n) is 5.31. The molecule has 5 heteroatoms. The van der Waals surface area contributed by atoms with Crippen molar-refractivity contribution in [3.63, 3.8) is 0 Å². The lowest BCUT2D eigenvalue weighted by Gasteiger charge is -2.19. The van der Waals surface area contributed by atoms with E-state index in [1.807, 2.05) is 0 Å². The molecule has 0 aliphatic carbocycles. The molecule has 16 heavy (non-hydrogen) atoms. The molecule has 1 fully saturated rings. The van der Waals surface area contributed by atoms with E-state index in [0.29, 0.717) is 19.6 Å². The lowest BCUT2D eigenvalue weighted by atomic mass is 10.3. The second-order valence-corrected chi connectivity index (χ2v) is 3.79. The highest BCUT2D eigenvalue weighted by molar-refractivity contribution is 5.86. The number of rotatable bonds is 3. The van der Waals surface area contributed by atoms with Crippen LogP contribution in [0.15, 0.2) is 0 Å². The van der Waals surface area contributed by atoms with Crippen molar-refractivity contribution in [2.45, 2.75) is 6.42 Å². The fourth-order valence-corrected chi connectivity index (χ4v) is 1.55. The molecule has 0 spiro atoms. The van der Waals surface area contributed by atoms with E-state index in [2.05, 4.69) is 11.2 Å². The van der Waals surface area contributed by atoms with Crippen molar-refractivity contribution in [3.05, 3.63) is 0 Å². The summed E-state index contributed by atoms with van der Waals surface area (Å²) in [6.07, 6.45) is 5.88. The number of hydrogen-bond acceptors (Lipinski definition) is 3. The van der Waals surface area contributed by atoms with Gasteiger partial charge in [0.25, 0.3) is 0 Å². The Labute approximate surface area is 95.8 Å². The van der Waals surface area contributed by atoms with Gasteiger partial charge in [0.05, 0.1) is 19.6 Å². The van der Waals surface area contributed by atoms with Crippen molar-refractivity contribution in [2.24, 2.45) is 0 Å². The highest BCUT2D eigenvalue weighted by atomic mass is 16.2. The molecule has 0 unspecified atom stereocenters. The number of carbonyl (C=O) groups is 2. The zero-order valence-electron chi connectivity index (χ0n) is 9.53. The van der Waals surface area contributed by atoms with Crippen LogP contribution >= 0.6 is 0 Å². The summed E-state index contributed by atoms with van der Waals surface area (Å²) >= 11 is 0. The van der Waals surface area contributed by atoms with Gasteiger partial charge < -0.3 is 9.80 Å². The maximum atomic E-state index is 11.7. The number of amides is 2. The second-order valence-electron chi connectivity index (χ2n) is 3.79. The van der Waals surface area contributed by atoms with Crippen LogP contribution in [0.2, 0.25) is 0 Å². The second kappa shape index (κ2) is 6.13. The Kier molecular flexibility index (Phi) is 4.80. The normalized spacial score (nSPS) is 16.9. The molecule has 0 atom stereocenters. The Morgan fingerprint density at radius 2 is 2.31 bits per heavy atom. The monoisotopic (exact) mass is 223 g/mol. The number of likely N-dealkylation sites (N-methyl/N-ethyl adjacent to an activating group) is 1. The summed E-state index contributed by atoms with van der Waals surface area (Å²) in [5.74, 6) is 2.32. The molecule has 1 aliphatic heterocycles. The largest absolute Gasteiger partial charge is 0.344 e. The van der Waals surface area contributed by atoms with Gasteiger partial charge >= 0.3 is 0 Å². The number of nitrogens with one attached hydrogen (secondary N) is 1. The average Bonchev–Trinajstić information content (AvgIpc) is 2.42. The minimum Gasteiger partial charge on any atom is -0.344 e. The van der Waals surface area contributed by atoms with E-state index >= 15 is 0 Å². The minimum atomic E-state index is -0.0705. The van der Waals surface area contributed by atoms with Crippen LogP contribution in [0.1, 0.15) is 6.42 Å². The van der Waals surface area contributed by atoms with Crippen molar-refractivity contribution < 1.29 is 9.59 Å². The molecule has 88 valence electrons. The summed E-state index contributed by atoms with van der Waals surface area (Å²) in [6.45, 7) is 2.08. The summed E-state index contributed by atoms with van der Waals surface area (Å²) in [5, 5.41) is 2.83. The zero-order valence-corrected chi connectivity index (χ0v) is 9.53. The molecular weight excluding hydrogens is 206 g/mol. The van der Waals surface area contributed by atoms with Gasteiger partial charge in [-0.2, -0.15) is 0 Å². The van der Waals surface area contributed by atoms with Crippen LogP contribution in [-0.2, 0) is 9.59 Å². The van der Waals surface area contributed by atoms with Crippen molar-refractivity contribution >= 4 is 11.8 Å². The van der Waals surface area contributed by atoms with E-state index in [-0.39, 0.29) is 24.9 Å². The molecule has 0 saturated carbocycles. The molecule has 2 amide bonds. The maximum Gasteiger partial charge on any atom is 0.241 e. The summed E-state index contributed by atoms with van der Waals surface area (Å²) < 4.78 is 0. The van der Waals surface area contributed by atoms with Crippen LogP contribution in [0.3, 0.4) is 0 Å². The Balaban J connectivity index is 2.43. The predicted molar refractivity (Wildman–Crippen MR) is 60.5 cm³/mol. The van der Waals surface area contributed by atoms with Gasteiger partial charge in [0.1, 0.15) is 0 Å². The molecule has 0 radical (unpaired) electrons. The fourth-order valence-electron chi connectivity index (χ4n) is 1.55. The van der Waals surface area contributed by atoms with Gasteiger partial charge in [0.2, 0.25) is 11.8 Å². The number of terminal acetylenes is 1. The molecule has 0 aromatic rings.